The van der Waals surface area contributed by atoms with Crippen molar-refractivity contribution in [2.75, 3.05) is 13.2 Å². The third-order valence-corrected chi connectivity index (χ3v) is 1.89. The van der Waals surface area contributed by atoms with Crippen molar-refractivity contribution < 1.29 is 14.6 Å². The molecular weight excluding hydrogens is 204 g/mol. The Morgan fingerprint density at radius 1 is 1.25 bits per heavy atom. The van der Waals surface area contributed by atoms with Crippen LogP contribution in [0.2, 0.25) is 0 Å². The zero-order valence-electron chi connectivity index (χ0n) is 10.0. The van der Waals surface area contributed by atoms with Gasteiger partial charge in [-0.05, 0) is 25.8 Å². The summed E-state index contributed by atoms with van der Waals surface area (Å²) in [5.74, 6) is -0.830. The lowest BCUT2D eigenvalue weighted by Crippen LogP contribution is -2.03. The molecule has 0 spiro atoms. The van der Waals surface area contributed by atoms with Gasteiger partial charge in [-0.15, -0.1) is 0 Å². The number of carbonyl (C=O) groups is 1. The standard InChI is InChI=1S/C13H20O3/c1-4-12(6-5-11(2)3)7-9-16-10-8-13(14)15/h4-6H,1,7-10H2,2-3H3,(H,14,15)/b12-6+. The number of carboxylic acids is 1. The van der Waals surface area contributed by atoms with Crippen molar-refractivity contribution in [2.45, 2.75) is 26.7 Å². The van der Waals surface area contributed by atoms with Gasteiger partial charge in [0.25, 0.3) is 0 Å². The van der Waals surface area contributed by atoms with E-state index in [0.717, 1.165) is 12.0 Å². The number of hydrogen-bond donors (Lipinski definition) is 1. The van der Waals surface area contributed by atoms with Crippen molar-refractivity contribution in [3.8, 4) is 0 Å². The Kier molecular flexibility index (Phi) is 8.17. The number of hydrogen-bond acceptors (Lipinski definition) is 2. The van der Waals surface area contributed by atoms with Crippen LogP contribution < -0.4 is 0 Å². The Balaban J connectivity index is 3.80. The predicted molar refractivity (Wildman–Crippen MR) is 65.4 cm³/mol. The molecule has 0 aliphatic heterocycles. The molecule has 0 aromatic rings. The molecule has 0 amide bonds. The molecule has 0 bridgehead atoms. The normalized spacial score (nSPS) is 11.0. The fourth-order valence-electron chi connectivity index (χ4n) is 0.979. The van der Waals surface area contributed by atoms with Crippen LogP contribution in [0.25, 0.3) is 0 Å². The van der Waals surface area contributed by atoms with E-state index in [1.807, 2.05) is 26.0 Å². The van der Waals surface area contributed by atoms with Crippen LogP contribution in [-0.2, 0) is 9.53 Å². The minimum absolute atomic E-state index is 0.0567. The van der Waals surface area contributed by atoms with Gasteiger partial charge in [-0.25, -0.2) is 0 Å². The molecule has 0 unspecified atom stereocenters. The maximum atomic E-state index is 10.2. The molecule has 0 aromatic heterocycles. The number of ether oxygens (including phenoxy) is 1. The summed E-state index contributed by atoms with van der Waals surface area (Å²) in [7, 11) is 0. The molecule has 0 heterocycles. The molecule has 16 heavy (non-hydrogen) atoms. The zero-order valence-corrected chi connectivity index (χ0v) is 10.0. The van der Waals surface area contributed by atoms with Crippen molar-refractivity contribution in [3.63, 3.8) is 0 Å². The zero-order chi connectivity index (χ0) is 12.4. The minimum Gasteiger partial charge on any atom is -0.481 e. The molecule has 0 rings (SSSR count). The molecular formula is C13H20O3. The van der Waals surface area contributed by atoms with Crippen molar-refractivity contribution in [2.24, 2.45) is 0 Å². The highest BCUT2D eigenvalue weighted by Crippen LogP contribution is 2.04. The first-order valence-electron chi connectivity index (χ1n) is 5.32. The van der Waals surface area contributed by atoms with E-state index in [2.05, 4.69) is 6.58 Å². The summed E-state index contributed by atoms with van der Waals surface area (Å²) in [5, 5.41) is 8.40. The molecule has 0 aromatic carbocycles. The van der Waals surface area contributed by atoms with E-state index in [4.69, 9.17) is 9.84 Å². The van der Waals surface area contributed by atoms with Crippen LogP contribution >= 0.6 is 0 Å². The Morgan fingerprint density at radius 2 is 1.88 bits per heavy atom. The van der Waals surface area contributed by atoms with Crippen molar-refractivity contribution in [1.82, 2.24) is 0 Å². The lowest BCUT2D eigenvalue weighted by Gasteiger charge is -2.03. The van der Waals surface area contributed by atoms with Crippen LogP contribution in [0.15, 0.2) is 36.0 Å². The maximum Gasteiger partial charge on any atom is 0.305 e. The highest BCUT2D eigenvalue weighted by Gasteiger charge is 1.96. The van der Waals surface area contributed by atoms with E-state index in [-0.39, 0.29) is 13.0 Å². The van der Waals surface area contributed by atoms with Gasteiger partial charge >= 0.3 is 5.97 Å². The summed E-state index contributed by atoms with van der Waals surface area (Å²) in [6.45, 7) is 8.57. The summed E-state index contributed by atoms with van der Waals surface area (Å²) < 4.78 is 5.19. The first-order valence-corrected chi connectivity index (χ1v) is 5.32. The first kappa shape index (κ1) is 14.6. The molecule has 90 valence electrons. The lowest BCUT2D eigenvalue weighted by atomic mass is 10.1. The Morgan fingerprint density at radius 3 is 2.38 bits per heavy atom. The number of allylic oxidation sites excluding steroid dienone is 4. The number of aliphatic carboxylic acids is 1. The monoisotopic (exact) mass is 224 g/mol. The summed E-state index contributed by atoms with van der Waals surface area (Å²) >= 11 is 0. The molecule has 0 aliphatic rings. The van der Waals surface area contributed by atoms with Crippen LogP contribution in [0, 0.1) is 0 Å². The average molecular weight is 224 g/mol. The largest absolute Gasteiger partial charge is 0.481 e. The topological polar surface area (TPSA) is 46.5 Å². The van der Waals surface area contributed by atoms with Gasteiger partial charge in [-0.1, -0.05) is 30.4 Å². The quantitative estimate of drug-likeness (QED) is 0.509. The van der Waals surface area contributed by atoms with Crippen molar-refractivity contribution in [1.29, 1.82) is 0 Å². The summed E-state index contributed by atoms with van der Waals surface area (Å²) in [5.41, 5.74) is 2.32. The second-order valence-electron chi connectivity index (χ2n) is 3.70. The van der Waals surface area contributed by atoms with Gasteiger partial charge in [-0.2, -0.15) is 0 Å². The van der Waals surface area contributed by atoms with Crippen molar-refractivity contribution in [3.05, 3.63) is 36.0 Å². The van der Waals surface area contributed by atoms with Crippen LogP contribution in [0.4, 0.5) is 0 Å². The first-order chi connectivity index (χ1) is 7.56. The molecule has 0 atom stereocenters. The number of rotatable bonds is 8. The fourth-order valence-corrected chi connectivity index (χ4v) is 0.979. The highest BCUT2D eigenvalue weighted by molar-refractivity contribution is 5.66. The maximum absolute atomic E-state index is 10.2. The Labute approximate surface area is 97.1 Å². The second-order valence-corrected chi connectivity index (χ2v) is 3.70. The average Bonchev–Trinajstić information content (AvgIpc) is 2.21. The molecule has 1 N–H and O–H groups in total. The summed E-state index contributed by atoms with van der Waals surface area (Å²) in [4.78, 5) is 10.2. The van der Waals surface area contributed by atoms with Gasteiger partial charge in [0, 0.05) is 0 Å². The molecule has 0 fully saturated rings. The SMILES string of the molecule is C=C/C(=C\C=C(C)C)CCOCCC(=O)O. The summed E-state index contributed by atoms with van der Waals surface area (Å²) in [6, 6.07) is 0. The van der Waals surface area contributed by atoms with Crippen LogP contribution in [-0.4, -0.2) is 24.3 Å². The smallest absolute Gasteiger partial charge is 0.305 e. The van der Waals surface area contributed by atoms with E-state index in [1.165, 1.54) is 5.57 Å². The van der Waals surface area contributed by atoms with Gasteiger partial charge in [0.2, 0.25) is 0 Å². The van der Waals surface area contributed by atoms with Crippen molar-refractivity contribution >= 4 is 5.97 Å². The third kappa shape index (κ3) is 9.21. The summed E-state index contributed by atoms with van der Waals surface area (Å²) in [6.07, 6.45) is 6.63. The lowest BCUT2D eigenvalue weighted by molar-refractivity contribution is -0.138. The third-order valence-electron chi connectivity index (χ3n) is 1.89. The molecule has 3 nitrogen and oxygen atoms in total. The fraction of sp³-hybridized carbons (Fsp3) is 0.462. The second kappa shape index (κ2) is 8.92. The Hall–Kier alpha value is -1.35. The van der Waals surface area contributed by atoms with Gasteiger partial charge in [0.1, 0.15) is 0 Å². The van der Waals surface area contributed by atoms with Gasteiger partial charge in [0.05, 0.1) is 19.6 Å². The van der Waals surface area contributed by atoms with E-state index in [0.29, 0.717) is 6.61 Å². The highest BCUT2D eigenvalue weighted by atomic mass is 16.5. The Bertz CT molecular complexity index is 284. The van der Waals surface area contributed by atoms with E-state index < -0.39 is 5.97 Å². The minimum atomic E-state index is -0.830. The van der Waals surface area contributed by atoms with E-state index >= 15 is 0 Å². The van der Waals surface area contributed by atoms with E-state index in [1.54, 1.807) is 6.08 Å². The van der Waals surface area contributed by atoms with Crippen LogP contribution in [0.5, 0.6) is 0 Å². The van der Waals surface area contributed by atoms with Crippen LogP contribution in [0.1, 0.15) is 26.7 Å². The molecule has 0 aliphatic carbocycles. The van der Waals surface area contributed by atoms with Crippen LogP contribution in [0.3, 0.4) is 0 Å². The van der Waals surface area contributed by atoms with Gasteiger partial charge in [0.15, 0.2) is 0 Å². The van der Waals surface area contributed by atoms with Gasteiger partial charge < -0.3 is 9.84 Å². The molecule has 0 saturated carbocycles. The van der Waals surface area contributed by atoms with E-state index in [9.17, 15) is 4.79 Å². The molecule has 3 heteroatoms. The molecule has 0 saturated heterocycles. The van der Waals surface area contributed by atoms with Gasteiger partial charge in [-0.3, -0.25) is 4.79 Å². The number of carboxylic acid groups (broad SMARTS) is 1. The predicted octanol–water partition coefficient (Wildman–Crippen LogP) is 2.95. The molecule has 0 radical (unpaired) electrons.